The zero-order valence-electron chi connectivity index (χ0n) is 33.1. The predicted molar refractivity (Wildman–Crippen MR) is 243 cm³/mol. The van der Waals surface area contributed by atoms with Crippen molar-refractivity contribution in [2.75, 3.05) is 9.80 Å². The van der Waals surface area contributed by atoms with E-state index in [-0.39, 0.29) is 5.41 Å². The number of aromatic nitrogens is 1. The number of fused-ring (bicyclic) bond motifs is 7. The van der Waals surface area contributed by atoms with Crippen LogP contribution in [-0.2, 0) is 18.3 Å². The minimum Gasteiger partial charge on any atom is -0.310 e. The van der Waals surface area contributed by atoms with Gasteiger partial charge in [-0.15, -0.1) is 0 Å². The zero-order chi connectivity index (χ0) is 38.8. The van der Waals surface area contributed by atoms with Crippen molar-refractivity contribution in [1.29, 1.82) is 0 Å². The minimum atomic E-state index is -0.0304. The van der Waals surface area contributed by atoms with E-state index in [1.165, 1.54) is 89.3 Å². The van der Waals surface area contributed by atoms with E-state index in [9.17, 15) is 0 Å². The Morgan fingerprint density at radius 1 is 0.431 bits per heavy atom. The molecule has 0 unspecified atom stereocenters. The molecule has 58 heavy (non-hydrogen) atoms. The highest BCUT2D eigenvalue weighted by molar-refractivity contribution is 6.14. The summed E-state index contributed by atoms with van der Waals surface area (Å²) in [4.78, 5) is 4.91. The van der Waals surface area contributed by atoms with Gasteiger partial charge in [0.1, 0.15) is 0 Å². The topological polar surface area (TPSA) is 11.4 Å². The fourth-order valence-electron chi connectivity index (χ4n) is 10.4. The molecule has 11 rings (SSSR count). The van der Waals surface area contributed by atoms with Gasteiger partial charge in [0.15, 0.2) is 0 Å². The molecule has 0 N–H and O–H groups in total. The molecule has 0 aliphatic heterocycles. The second kappa shape index (κ2) is 13.7. The molecule has 0 amide bonds. The third-order valence-corrected chi connectivity index (χ3v) is 13.1. The van der Waals surface area contributed by atoms with E-state index < -0.39 is 0 Å². The average Bonchev–Trinajstić information content (AvgIpc) is 3.95. The second-order valence-corrected chi connectivity index (χ2v) is 16.2. The van der Waals surface area contributed by atoms with Crippen molar-refractivity contribution in [2.24, 2.45) is 0 Å². The molecule has 1 atom stereocenters. The molecule has 2 aliphatic carbocycles. The Kier molecular flexibility index (Phi) is 8.11. The van der Waals surface area contributed by atoms with Crippen LogP contribution < -0.4 is 9.80 Å². The molecule has 8 aromatic carbocycles. The van der Waals surface area contributed by atoms with E-state index >= 15 is 0 Å². The van der Waals surface area contributed by atoms with Crippen LogP contribution in [0.25, 0.3) is 27.5 Å². The highest BCUT2D eigenvalue weighted by Crippen LogP contribution is 2.55. The highest BCUT2D eigenvalue weighted by Gasteiger charge is 2.45. The largest absolute Gasteiger partial charge is 0.310 e. The van der Waals surface area contributed by atoms with E-state index in [1.807, 2.05) is 0 Å². The smallest absolute Gasteiger partial charge is 0.0545 e. The van der Waals surface area contributed by atoms with Gasteiger partial charge >= 0.3 is 0 Å². The lowest BCUT2D eigenvalue weighted by Gasteiger charge is -2.32. The molecule has 3 nitrogen and oxygen atoms in total. The van der Waals surface area contributed by atoms with Crippen LogP contribution in [0.4, 0.5) is 34.1 Å². The maximum absolute atomic E-state index is 2.55. The number of aryl methyl sites for hydroxylation is 4. The third-order valence-electron chi connectivity index (χ3n) is 13.1. The lowest BCUT2D eigenvalue weighted by atomic mass is 9.76. The molecule has 1 heterocycles. The first-order valence-electron chi connectivity index (χ1n) is 20.7. The standard InChI is InChI=1S/C55H45N3/c1-38-16-15-25-51-53(38)54-39(2)50(30-31-52(54)58(51)45-23-13-6-14-24-45)57(44-21-11-5-12-22-44)47-29-27-41-33-35-55(49(41)37-47)34-32-40-26-28-46(36-48(40)55)56(42-17-7-3-8-18-42)43-19-9-4-10-20-43/h3-31,36-37H,32-35H2,1-2H3/t55-/m1/s1. The molecule has 0 saturated carbocycles. The summed E-state index contributed by atoms with van der Waals surface area (Å²) in [5.74, 6) is 0. The monoisotopic (exact) mass is 747 g/mol. The number of rotatable bonds is 7. The number of hydrogen-bond acceptors (Lipinski definition) is 2. The molecule has 0 radical (unpaired) electrons. The molecule has 1 aromatic heterocycles. The first-order chi connectivity index (χ1) is 28.6. The predicted octanol–water partition coefficient (Wildman–Crippen LogP) is 14.5. The fourth-order valence-corrected chi connectivity index (χ4v) is 10.4. The fraction of sp³-hybridized carbons (Fsp3) is 0.127. The Morgan fingerprint density at radius 3 is 1.50 bits per heavy atom. The van der Waals surface area contributed by atoms with Crippen molar-refractivity contribution in [3.8, 4) is 5.69 Å². The summed E-state index contributed by atoms with van der Waals surface area (Å²) in [7, 11) is 0. The van der Waals surface area contributed by atoms with Crippen LogP contribution in [0.15, 0.2) is 188 Å². The van der Waals surface area contributed by atoms with E-state index in [0.717, 1.165) is 31.4 Å². The van der Waals surface area contributed by atoms with Crippen LogP contribution in [0.1, 0.15) is 46.2 Å². The van der Waals surface area contributed by atoms with Gasteiger partial charge in [-0.05, 0) is 164 Å². The van der Waals surface area contributed by atoms with Crippen LogP contribution in [0.2, 0.25) is 0 Å². The molecule has 280 valence electrons. The Bertz CT molecular complexity index is 2920. The van der Waals surface area contributed by atoms with E-state index in [2.05, 4.69) is 216 Å². The molecule has 9 aromatic rings. The average molecular weight is 748 g/mol. The first kappa shape index (κ1) is 34.4. The van der Waals surface area contributed by atoms with Gasteiger partial charge in [-0.2, -0.15) is 0 Å². The van der Waals surface area contributed by atoms with Crippen LogP contribution in [0.5, 0.6) is 0 Å². The number of hydrogen-bond donors (Lipinski definition) is 0. The van der Waals surface area contributed by atoms with E-state index in [4.69, 9.17) is 0 Å². The number of nitrogens with zero attached hydrogens (tertiary/aromatic N) is 3. The van der Waals surface area contributed by atoms with Crippen LogP contribution >= 0.6 is 0 Å². The molecule has 0 saturated heterocycles. The van der Waals surface area contributed by atoms with Crippen molar-refractivity contribution >= 4 is 55.9 Å². The summed E-state index contributed by atoms with van der Waals surface area (Å²) in [6.07, 6.45) is 4.45. The van der Waals surface area contributed by atoms with Crippen molar-refractivity contribution < 1.29 is 0 Å². The van der Waals surface area contributed by atoms with Gasteiger partial charge < -0.3 is 14.4 Å². The molecule has 2 aliphatic rings. The second-order valence-electron chi connectivity index (χ2n) is 16.2. The maximum atomic E-state index is 2.55. The summed E-state index contributed by atoms with van der Waals surface area (Å²) < 4.78 is 2.43. The molecule has 0 fully saturated rings. The van der Waals surface area contributed by atoms with E-state index in [1.54, 1.807) is 0 Å². The van der Waals surface area contributed by atoms with Gasteiger partial charge in [0.25, 0.3) is 0 Å². The van der Waals surface area contributed by atoms with Gasteiger partial charge in [0, 0.05) is 56.0 Å². The van der Waals surface area contributed by atoms with Crippen LogP contribution in [-0.4, -0.2) is 4.57 Å². The van der Waals surface area contributed by atoms with Crippen LogP contribution in [0, 0.1) is 13.8 Å². The lowest BCUT2D eigenvalue weighted by molar-refractivity contribution is 0.507. The van der Waals surface area contributed by atoms with Gasteiger partial charge in [-0.3, -0.25) is 0 Å². The van der Waals surface area contributed by atoms with E-state index in [0.29, 0.717) is 0 Å². The molecule has 3 heteroatoms. The molecule has 1 spiro atoms. The van der Waals surface area contributed by atoms with Gasteiger partial charge in [-0.1, -0.05) is 97.1 Å². The Labute approximate surface area is 341 Å². The first-order valence-corrected chi connectivity index (χ1v) is 20.7. The minimum absolute atomic E-state index is 0.0304. The third kappa shape index (κ3) is 5.34. The summed E-state index contributed by atoms with van der Waals surface area (Å²) >= 11 is 0. The Balaban J connectivity index is 1.08. The van der Waals surface area contributed by atoms with Gasteiger partial charge in [0.05, 0.1) is 11.0 Å². The molecular formula is C55H45N3. The molecule has 0 bridgehead atoms. The summed E-state index contributed by atoms with van der Waals surface area (Å²) in [6.45, 7) is 4.57. The Morgan fingerprint density at radius 2 is 0.931 bits per heavy atom. The number of benzene rings is 8. The normalized spacial score (nSPS) is 15.6. The SMILES string of the molecule is Cc1cccc2c1c1c(C)c(N(c3ccccc3)c3ccc4c(c3)[C@]3(CCc5ccc(N(c6ccccc6)c6ccccc6)cc53)CC4)ccc1n2-c1ccccc1. The van der Waals surface area contributed by atoms with Gasteiger partial charge in [0.2, 0.25) is 0 Å². The Hall–Kier alpha value is -6.84. The van der Waals surface area contributed by atoms with Crippen molar-refractivity contribution in [2.45, 2.75) is 44.9 Å². The summed E-state index contributed by atoms with van der Waals surface area (Å²) in [5, 5.41) is 2.63. The lowest BCUT2D eigenvalue weighted by Crippen LogP contribution is -2.22. The number of para-hydroxylation sites is 4. The zero-order valence-corrected chi connectivity index (χ0v) is 33.1. The summed E-state index contributed by atoms with van der Waals surface area (Å²) in [6, 6.07) is 69.3. The number of anilines is 6. The summed E-state index contributed by atoms with van der Waals surface area (Å²) in [5.41, 5.74) is 19.3. The highest BCUT2D eigenvalue weighted by atomic mass is 15.2. The van der Waals surface area contributed by atoms with Crippen molar-refractivity contribution in [1.82, 2.24) is 4.57 Å². The van der Waals surface area contributed by atoms with Gasteiger partial charge in [-0.25, -0.2) is 0 Å². The van der Waals surface area contributed by atoms with Crippen molar-refractivity contribution in [3.05, 3.63) is 221 Å². The van der Waals surface area contributed by atoms with Crippen molar-refractivity contribution in [3.63, 3.8) is 0 Å². The molecular weight excluding hydrogens is 703 g/mol. The quantitative estimate of drug-likeness (QED) is 0.161. The van der Waals surface area contributed by atoms with Crippen LogP contribution in [0.3, 0.4) is 0 Å². The maximum Gasteiger partial charge on any atom is 0.0545 e.